The van der Waals surface area contributed by atoms with Crippen LogP contribution in [0.5, 0.6) is 0 Å². The van der Waals surface area contributed by atoms with E-state index >= 15 is 0 Å². The lowest BCUT2D eigenvalue weighted by molar-refractivity contribution is 0.0949. The Bertz CT molecular complexity index is 551. The van der Waals surface area contributed by atoms with E-state index < -0.39 is 0 Å². The minimum atomic E-state index is -0.0370. The highest BCUT2D eigenvalue weighted by Crippen LogP contribution is 2.10. The first-order chi connectivity index (χ1) is 10.2. The van der Waals surface area contributed by atoms with Crippen LogP contribution in [0.15, 0.2) is 18.2 Å². The van der Waals surface area contributed by atoms with E-state index in [1.165, 1.54) is 12.8 Å². The zero-order valence-electron chi connectivity index (χ0n) is 12.6. The molecule has 0 radical (unpaired) electrons. The molecule has 112 valence electrons. The number of aryl methyl sites for hydroxylation is 1. The monoisotopic (exact) mass is 285 g/mol. The molecule has 0 saturated carbocycles. The second-order valence-electron chi connectivity index (χ2n) is 5.34. The molecule has 0 aromatic heterocycles. The van der Waals surface area contributed by atoms with E-state index in [1.54, 1.807) is 0 Å². The molecule has 0 aliphatic carbocycles. The summed E-state index contributed by atoms with van der Waals surface area (Å²) in [5.41, 5.74) is 7.98. The summed E-state index contributed by atoms with van der Waals surface area (Å²) in [4.78, 5) is 14.5. The van der Waals surface area contributed by atoms with Gasteiger partial charge in [0.15, 0.2) is 0 Å². The fourth-order valence-electron chi connectivity index (χ4n) is 2.48. The first-order valence-corrected chi connectivity index (χ1v) is 7.51. The fraction of sp³-hybridized carbons (Fsp3) is 0.471. The third kappa shape index (κ3) is 4.59. The Balaban J connectivity index is 1.92. The Kier molecular flexibility index (Phi) is 5.79. The molecule has 1 fully saturated rings. The fourth-order valence-corrected chi connectivity index (χ4v) is 2.48. The summed E-state index contributed by atoms with van der Waals surface area (Å²) in [6.45, 7) is 6.23. The molecule has 1 heterocycles. The predicted molar refractivity (Wildman–Crippen MR) is 85.1 cm³/mol. The molecule has 1 aliphatic heterocycles. The van der Waals surface area contributed by atoms with Gasteiger partial charge in [-0.3, -0.25) is 4.79 Å². The molecule has 1 aliphatic rings. The molecule has 0 atom stereocenters. The van der Waals surface area contributed by atoms with Crippen molar-refractivity contribution in [1.82, 2.24) is 10.2 Å². The third-order valence-electron chi connectivity index (χ3n) is 3.74. The van der Waals surface area contributed by atoms with Gasteiger partial charge in [-0.05, 0) is 50.6 Å². The minimum Gasteiger partial charge on any atom is -0.351 e. The zero-order chi connectivity index (χ0) is 15.1. The largest absolute Gasteiger partial charge is 0.351 e. The van der Waals surface area contributed by atoms with Crippen molar-refractivity contribution in [3.63, 3.8) is 0 Å². The van der Waals surface area contributed by atoms with Crippen molar-refractivity contribution < 1.29 is 4.79 Å². The van der Waals surface area contributed by atoms with Crippen LogP contribution in [0, 0.1) is 18.8 Å². The molecule has 1 aromatic rings. The molecule has 1 saturated heterocycles. The van der Waals surface area contributed by atoms with Crippen molar-refractivity contribution in [2.24, 2.45) is 5.73 Å². The standard InChI is InChI=1S/C17H23N3O/c1-14-6-7-16(13-15(14)5-4-8-18)17(21)19-9-12-20-10-2-3-11-20/h6-7,13H,2-3,8-12,18H2,1H3,(H,19,21). The van der Waals surface area contributed by atoms with Crippen LogP contribution in [0.2, 0.25) is 0 Å². The maximum Gasteiger partial charge on any atom is 0.251 e. The average Bonchev–Trinajstić information content (AvgIpc) is 2.99. The highest BCUT2D eigenvalue weighted by molar-refractivity contribution is 5.94. The van der Waals surface area contributed by atoms with Gasteiger partial charge in [-0.15, -0.1) is 0 Å². The molecular formula is C17H23N3O. The third-order valence-corrected chi connectivity index (χ3v) is 3.74. The number of likely N-dealkylation sites (tertiary alicyclic amines) is 1. The number of carbonyl (C=O) groups is 1. The molecule has 21 heavy (non-hydrogen) atoms. The van der Waals surface area contributed by atoms with E-state index in [-0.39, 0.29) is 5.91 Å². The zero-order valence-corrected chi connectivity index (χ0v) is 12.6. The number of nitrogens with two attached hydrogens (primary N) is 1. The van der Waals surface area contributed by atoms with Crippen LogP contribution in [-0.4, -0.2) is 43.5 Å². The van der Waals surface area contributed by atoms with Crippen LogP contribution >= 0.6 is 0 Å². The molecular weight excluding hydrogens is 262 g/mol. The van der Waals surface area contributed by atoms with E-state index in [0.29, 0.717) is 18.7 Å². The number of amides is 1. The summed E-state index contributed by atoms with van der Waals surface area (Å²) in [6.07, 6.45) is 2.55. The number of nitrogens with zero attached hydrogens (tertiary/aromatic N) is 1. The van der Waals surface area contributed by atoms with Gasteiger partial charge in [0.1, 0.15) is 0 Å². The van der Waals surface area contributed by atoms with Crippen LogP contribution < -0.4 is 11.1 Å². The maximum absolute atomic E-state index is 12.2. The van der Waals surface area contributed by atoms with Crippen molar-refractivity contribution in [3.05, 3.63) is 34.9 Å². The van der Waals surface area contributed by atoms with Gasteiger partial charge in [0.05, 0.1) is 6.54 Å². The van der Waals surface area contributed by atoms with E-state index in [4.69, 9.17) is 5.73 Å². The van der Waals surface area contributed by atoms with Crippen LogP contribution in [0.3, 0.4) is 0 Å². The van der Waals surface area contributed by atoms with Crippen molar-refractivity contribution >= 4 is 5.91 Å². The van der Waals surface area contributed by atoms with Gasteiger partial charge < -0.3 is 16.0 Å². The smallest absolute Gasteiger partial charge is 0.251 e. The molecule has 2 rings (SSSR count). The highest BCUT2D eigenvalue weighted by Gasteiger charge is 2.12. The van der Waals surface area contributed by atoms with Crippen molar-refractivity contribution in [1.29, 1.82) is 0 Å². The molecule has 4 nitrogen and oxygen atoms in total. The maximum atomic E-state index is 12.2. The van der Waals surface area contributed by atoms with Gasteiger partial charge in [-0.25, -0.2) is 0 Å². The quantitative estimate of drug-likeness (QED) is 0.815. The predicted octanol–water partition coefficient (Wildman–Crippen LogP) is 1.13. The second-order valence-corrected chi connectivity index (χ2v) is 5.34. The van der Waals surface area contributed by atoms with Crippen LogP contribution in [0.4, 0.5) is 0 Å². The van der Waals surface area contributed by atoms with Gasteiger partial charge in [0, 0.05) is 24.2 Å². The van der Waals surface area contributed by atoms with Gasteiger partial charge in [-0.1, -0.05) is 17.9 Å². The van der Waals surface area contributed by atoms with E-state index in [9.17, 15) is 4.79 Å². The SMILES string of the molecule is Cc1ccc(C(=O)NCCN2CCCC2)cc1C#CCN. The Morgan fingerprint density at radius 3 is 2.86 bits per heavy atom. The minimum absolute atomic E-state index is 0.0370. The van der Waals surface area contributed by atoms with Gasteiger partial charge in [-0.2, -0.15) is 0 Å². The Morgan fingerprint density at radius 2 is 2.14 bits per heavy atom. The van der Waals surface area contributed by atoms with Crippen molar-refractivity contribution in [2.75, 3.05) is 32.7 Å². The number of hydrogen-bond donors (Lipinski definition) is 2. The van der Waals surface area contributed by atoms with E-state index in [0.717, 1.165) is 30.8 Å². The van der Waals surface area contributed by atoms with Crippen molar-refractivity contribution in [3.8, 4) is 11.8 Å². The van der Waals surface area contributed by atoms with Crippen LogP contribution in [0.25, 0.3) is 0 Å². The number of carbonyl (C=O) groups excluding carboxylic acids is 1. The first kappa shape index (κ1) is 15.6. The summed E-state index contributed by atoms with van der Waals surface area (Å²) in [6, 6.07) is 5.60. The summed E-state index contributed by atoms with van der Waals surface area (Å²) >= 11 is 0. The molecule has 1 amide bonds. The summed E-state index contributed by atoms with van der Waals surface area (Å²) in [5, 5.41) is 2.98. The number of benzene rings is 1. The Hall–Kier alpha value is -1.83. The Morgan fingerprint density at radius 1 is 1.38 bits per heavy atom. The lowest BCUT2D eigenvalue weighted by Crippen LogP contribution is -2.33. The number of rotatable bonds is 4. The number of nitrogens with one attached hydrogen (secondary N) is 1. The molecule has 0 unspecified atom stereocenters. The van der Waals surface area contributed by atoms with Crippen molar-refractivity contribution in [2.45, 2.75) is 19.8 Å². The first-order valence-electron chi connectivity index (χ1n) is 7.51. The van der Waals surface area contributed by atoms with Gasteiger partial charge in [0.25, 0.3) is 5.91 Å². The molecule has 1 aromatic carbocycles. The second kappa shape index (κ2) is 7.82. The molecule has 4 heteroatoms. The average molecular weight is 285 g/mol. The lowest BCUT2D eigenvalue weighted by atomic mass is 10.0. The molecule has 0 spiro atoms. The summed E-state index contributed by atoms with van der Waals surface area (Å²) < 4.78 is 0. The van der Waals surface area contributed by atoms with Gasteiger partial charge >= 0.3 is 0 Å². The van der Waals surface area contributed by atoms with E-state index in [1.807, 2.05) is 25.1 Å². The normalized spacial score (nSPS) is 14.6. The topological polar surface area (TPSA) is 58.4 Å². The summed E-state index contributed by atoms with van der Waals surface area (Å²) in [7, 11) is 0. The Labute approximate surface area is 126 Å². The molecule has 0 bridgehead atoms. The lowest BCUT2D eigenvalue weighted by Gasteiger charge is -2.14. The van der Waals surface area contributed by atoms with E-state index in [2.05, 4.69) is 22.1 Å². The van der Waals surface area contributed by atoms with Crippen LogP contribution in [-0.2, 0) is 0 Å². The van der Waals surface area contributed by atoms with Gasteiger partial charge in [0.2, 0.25) is 0 Å². The highest BCUT2D eigenvalue weighted by atomic mass is 16.1. The van der Waals surface area contributed by atoms with Crippen LogP contribution in [0.1, 0.15) is 34.3 Å². The number of hydrogen-bond acceptors (Lipinski definition) is 3. The summed E-state index contributed by atoms with van der Waals surface area (Å²) in [5.74, 6) is 5.80. The molecule has 3 N–H and O–H groups in total.